The molecule has 0 saturated carbocycles. The molecular formula is C21H32N4O3S. The van der Waals surface area contributed by atoms with E-state index in [0.717, 1.165) is 37.0 Å². The summed E-state index contributed by atoms with van der Waals surface area (Å²) < 4.78 is 28.0. The number of hydrogen-bond donors (Lipinski definition) is 1. The highest BCUT2D eigenvalue weighted by Crippen LogP contribution is 2.24. The topological polar surface area (TPSA) is 74.6 Å². The third kappa shape index (κ3) is 4.82. The maximum Gasteiger partial charge on any atom is 0.267 e. The molecule has 1 aliphatic rings. The summed E-state index contributed by atoms with van der Waals surface area (Å²) in [6.45, 7) is 6.60. The van der Waals surface area contributed by atoms with Crippen molar-refractivity contribution in [2.24, 2.45) is 0 Å². The number of likely N-dealkylation sites (tertiary alicyclic amines) is 1. The van der Waals surface area contributed by atoms with Gasteiger partial charge in [-0.2, -0.15) is 0 Å². The van der Waals surface area contributed by atoms with Gasteiger partial charge in [0.15, 0.2) is 0 Å². The molecule has 0 unspecified atom stereocenters. The number of piperidine rings is 1. The first kappa shape index (κ1) is 21.8. The fourth-order valence-corrected chi connectivity index (χ4v) is 4.86. The monoisotopic (exact) mass is 420 g/mol. The molecule has 1 aromatic heterocycles. The zero-order valence-corrected chi connectivity index (χ0v) is 18.5. The van der Waals surface area contributed by atoms with E-state index in [9.17, 15) is 13.2 Å². The average molecular weight is 421 g/mol. The number of hydrogen-bond acceptors (Lipinski definition) is 4. The average Bonchev–Trinajstić information content (AvgIpc) is 3.09. The third-order valence-electron chi connectivity index (χ3n) is 5.59. The van der Waals surface area contributed by atoms with Gasteiger partial charge in [-0.3, -0.25) is 4.79 Å². The minimum absolute atomic E-state index is 0.112. The van der Waals surface area contributed by atoms with Crippen molar-refractivity contribution in [3.8, 4) is 0 Å². The molecule has 1 saturated heterocycles. The van der Waals surface area contributed by atoms with Crippen LogP contribution >= 0.6 is 0 Å². The highest BCUT2D eigenvalue weighted by Gasteiger charge is 2.20. The minimum atomic E-state index is -3.51. The number of nitrogens with one attached hydrogen (secondary N) is 1. The highest BCUT2D eigenvalue weighted by molar-refractivity contribution is 7.89. The van der Waals surface area contributed by atoms with E-state index < -0.39 is 10.0 Å². The van der Waals surface area contributed by atoms with E-state index in [1.165, 1.54) is 37.7 Å². The molecule has 3 rings (SSSR count). The Morgan fingerprint density at radius 3 is 2.52 bits per heavy atom. The summed E-state index contributed by atoms with van der Waals surface area (Å²) >= 11 is 0. The van der Waals surface area contributed by atoms with E-state index in [4.69, 9.17) is 0 Å². The molecule has 1 fully saturated rings. The Kier molecular flexibility index (Phi) is 6.97. The van der Waals surface area contributed by atoms with Crippen LogP contribution in [0.25, 0.3) is 10.9 Å². The van der Waals surface area contributed by atoms with Crippen LogP contribution in [0.4, 0.5) is 0 Å². The van der Waals surface area contributed by atoms with Gasteiger partial charge in [0, 0.05) is 38.1 Å². The molecule has 2 heterocycles. The summed E-state index contributed by atoms with van der Waals surface area (Å²) in [7, 11) is -0.482. The van der Waals surface area contributed by atoms with Crippen LogP contribution in [-0.2, 0) is 16.6 Å². The molecule has 0 spiro atoms. The summed E-state index contributed by atoms with van der Waals surface area (Å²) in [5.74, 6) is -0.112. The maximum absolute atomic E-state index is 12.8. The fourth-order valence-electron chi connectivity index (χ4n) is 3.93. The lowest BCUT2D eigenvalue weighted by atomic mass is 10.1. The van der Waals surface area contributed by atoms with Crippen LogP contribution in [0.5, 0.6) is 0 Å². The van der Waals surface area contributed by atoms with Gasteiger partial charge in [-0.1, -0.05) is 6.42 Å². The predicted molar refractivity (Wildman–Crippen MR) is 116 cm³/mol. The van der Waals surface area contributed by atoms with Crippen molar-refractivity contribution in [2.45, 2.75) is 44.0 Å². The summed E-state index contributed by atoms with van der Waals surface area (Å²) in [6, 6.07) is 6.81. The zero-order valence-electron chi connectivity index (χ0n) is 17.6. The van der Waals surface area contributed by atoms with Crippen LogP contribution in [0, 0.1) is 0 Å². The second-order valence-corrected chi connectivity index (χ2v) is 9.95. The standard InChI is InChI=1S/C21H32N4O3S/c1-4-25-19-10-9-18(29(27,28)23(2)3)15-17(19)16-20(25)21(26)22-11-8-14-24-12-6-5-7-13-24/h9-10,15-16H,4-8,11-14H2,1-3H3,(H,22,26). The number of carbonyl (C=O) groups is 1. The number of aryl methyl sites for hydroxylation is 1. The van der Waals surface area contributed by atoms with Gasteiger partial charge in [0.25, 0.3) is 5.91 Å². The van der Waals surface area contributed by atoms with Gasteiger partial charge in [-0.15, -0.1) is 0 Å². The second-order valence-electron chi connectivity index (χ2n) is 7.79. The number of carbonyl (C=O) groups excluding carboxylic acids is 1. The normalized spacial score (nSPS) is 15.9. The number of nitrogens with zero attached hydrogens (tertiary/aromatic N) is 3. The number of rotatable bonds is 8. The molecule has 29 heavy (non-hydrogen) atoms. The van der Waals surface area contributed by atoms with Crippen molar-refractivity contribution >= 4 is 26.8 Å². The Bertz CT molecular complexity index is 960. The Hall–Kier alpha value is -1.90. The van der Waals surface area contributed by atoms with Crippen LogP contribution in [0.15, 0.2) is 29.2 Å². The SMILES string of the molecule is CCn1c(C(=O)NCCCN2CCCCC2)cc2cc(S(=O)(=O)N(C)C)ccc21. The first-order valence-corrected chi connectivity index (χ1v) is 11.8. The molecule has 1 aromatic carbocycles. The smallest absolute Gasteiger partial charge is 0.267 e. The molecule has 0 atom stereocenters. The van der Waals surface area contributed by atoms with Crippen molar-refractivity contribution in [2.75, 3.05) is 40.3 Å². The molecule has 0 bridgehead atoms. The van der Waals surface area contributed by atoms with Gasteiger partial charge >= 0.3 is 0 Å². The Balaban J connectivity index is 1.71. The number of sulfonamides is 1. The third-order valence-corrected chi connectivity index (χ3v) is 7.40. The molecular weight excluding hydrogens is 388 g/mol. The molecule has 7 nitrogen and oxygen atoms in total. The summed E-state index contributed by atoms with van der Waals surface area (Å²) in [4.78, 5) is 15.5. The van der Waals surface area contributed by atoms with Gasteiger partial charge in [-0.25, -0.2) is 12.7 Å². The van der Waals surface area contributed by atoms with Crippen molar-refractivity contribution in [1.29, 1.82) is 0 Å². The van der Waals surface area contributed by atoms with Crippen LogP contribution in [-0.4, -0.2) is 68.4 Å². The largest absolute Gasteiger partial charge is 0.351 e. The highest BCUT2D eigenvalue weighted by atomic mass is 32.2. The second kappa shape index (κ2) is 9.28. The van der Waals surface area contributed by atoms with E-state index in [2.05, 4.69) is 10.2 Å². The zero-order chi connectivity index (χ0) is 21.0. The molecule has 0 aliphatic carbocycles. The van der Waals surface area contributed by atoms with E-state index in [0.29, 0.717) is 18.8 Å². The van der Waals surface area contributed by atoms with E-state index in [-0.39, 0.29) is 10.8 Å². The minimum Gasteiger partial charge on any atom is -0.351 e. The van der Waals surface area contributed by atoms with Crippen molar-refractivity contribution in [3.63, 3.8) is 0 Å². The summed E-state index contributed by atoms with van der Waals surface area (Å²) in [5, 5.41) is 3.78. The molecule has 1 amide bonds. The molecule has 2 aromatic rings. The van der Waals surface area contributed by atoms with Gasteiger partial charge in [-0.05, 0) is 70.1 Å². The lowest BCUT2D eigenvalue weighted by molar-refractivity contribution is 0.0942. The molecule has 8 heteroatoms. The van der Waals surface area contributed by atoms with E-state index in [1.807, 2.05) is 11.5 Å². The van der Waals surface area contributed by atoms with Crippen molar-refractivity contribution in [3.05, 3.63) is 30.0 Å². The van der Waals surface area contributed by atoms with Gasteiger partial charge in [0.05, 0.1) is 4.90 Å². The Morgan fingerprint density at radius 2 is 1.86 bits per heavy atom. The summed E-state index contributed by atoms with van der Waals surface area (Å²) in [5.41, 5.74) is 1.43. The Labute approximate surface area is 173 Å². The van der Waals surface area contributed by atoms with Crippen LogP contribution in [0.2, 0.25) is 0 Å². The van der Waals surface area contributed by atoms with Crippen LogP contribution < -0.4 is 5.32 Å². The first-order chi connectivity index (χ1) is 13.8. The summed E-state index contributed by atoms with van der Waals surface area (Å²) in [6.07, 6.45) is 4.80. The predicted octanol–water partition coefficient (Wildman–Crippen LogP) is 2.52. The fraction of sp³-hybridized carbons (Fsp3) is 0.571. The van der Waals surface area contributed by atoms with Gasteiger partial charge in [0.1, 0.15) is 5.69 Å². The molecule has 0 radical (unpaired) electrons. The lowest BCUT2D eigenvalue weighted by Crippen LogP contribution is -2.33. The number of benzene rings is 1. The van der Waals surface area contributed by atoms with Gasteiger partial charge in [0.2, 0.25) is 10.0 Å². The maximum atomic E-state index is 12.8. The van der Waals surface area contributed by atoms with Crippen molar-refractivity contribution in [1.82, 2.24) is 19.1 Å². The Morgan fingerprint density at radius 1 is 1.14 bits per heavy atom. The van der Waals surface area contributed by atoms with Crippen LogP contribution in [0.3, 0.4) is 0 Å². The van der Waals surface area contributed by atoms with Crippen LogP contribution in [0.1, 0.15) is 43.1 Å². The number of aromatic nitrogens is 1. The van der Waals surface area contributed by atoms with Gasteiger partial charge < -0.3 is 14.8 Å². The molecule has 1 aliphatic heterocycles. The lowest BCUT2D eigenvalue weighted by Gasteiger charge is -2.26. The van der Waals surface area contributed by atoms with E-state index >= 15 is 0 Å². The van der Waals surface area contributed by atoms with Crippen molar-refractivity contribution < 1.29 is 13.2 Å². The molecule has 160 valence electrons. The molecule has 1 N–H and O–H groups in total. The number of fused-ring (bicyclic) bond motifs is 1. The number of amides is 1. The van der Waals surface area contributed by atoms with E-state index in [1.54, 1.807) is 24.3 Å². The first-order valence-electron chi connectivity index (χ1n) is 10.4. The quantitative estimate of drug-likeness (QED) is 0.666.